The summed E-state index contributed by atoms with van der Waals surface area (Å²) in [5, 5.41) is 14.2. The van der Waals surface area contributed by atoms with Crippen molar-refractivity contribution in [3.05, 3.63) is 63.5 Å². The van der Waals surface area contributed by atoms with Gasteiger partial charge >= 0.3 is 0 Å². The first-order valence-corrected chi connectivity index (χ1v) is 10.1. The summed E-state index contributed by atoms with van der Waals surface area (Å²) < 4.78 is 2.47. The van der Waals surface area contributed by atoms with Gasteiger partial charge in [0.25, 0.3) is 5.56 Å². The monoisotopic (exact) mass is 387 g/mol. The van der Waals surface area contributed by atoms with Gasteiger partial charge in [-0.05, 0) is 19.1 Å². The SMILES string of the molecule is Cc1csc2nc(CSc3nnc(Nc4ccccc4)s3)cc(=O)n12. The van der Waals surface area contributed by atoms with Gasteiger partial charge in [0, 0.05) is 28.6 Å². The number of aromatic nitrogens is 4. The van der Waals surface area contributed by atoms with Crippen molar-refractivity contribution in [1.29, 1.82) is 0 Å². The average molecular weight is 388 g/mol. The van der Waals surface area contributed by atoms with Gasteiger partial charge in [-0.25, -0.2) is 4.98 Å². The van der Waals surface area contributed by atoms with Crippen LogP contribution in [0.15, 0.2) is 50.9 Å². The van der Waals surface area contributed by atoms with Gasteiger partial charge < -0.3 is 5.32 Å². The predicted octanol–water partition coefficient (Wildman–Crippen LogP) is 3.95. The fourth-order valence-electron chi connectivity index (χ4n) is 2.27. The maximum Gasteiger partial charge on any atom is 0.258 e. The highest BCUT2D eigenvalue weighted by molar-refractivity contribution is 8.00. The number of nitrogens with one attached hydrogen (secondary N) is 1. The minimum Gasteiger partial charge on any atom is -0.330 e. The largest absolute Gasteiger partial charge is 0.330 e. The summed E-state index contributed by atoms with van der Waals surface area (Å²) in [7, 11) is 0. The van der Waals surface area contributed by atoms with Gasteiger partial charge in [0.05, 0.1) is 5.69 Å². The molecule has 0 amide bonds. The Morgan fingerprint density at radius 1 is 1.24 bits per heavy atom. The Balaban J connectivity index is 1.46. The van der Waals surface area contributed by atoms with Gasteiger partial charge in [-0.1, -0.05) is 41.3 Å². The lowest BCUT2D eigenvalue weighted by Crippen LogP contribution is -2.14. The molecule has 0 unspecified atom stereocenters. The molecule has 6 nitrogen and oxygen atoms in total. The van der Waals surface area contributed by atoms with E-state index in [1.165, 1.54) is 34.4 Å². The number of thiazole rings is 1. The Bertz CT molecular complexity index is 1070. The molecule has 0 fully saturated rings. The first kappa shape index (κ1) is 16.2. The second kappa shape index (κ2) is 6.95. The Kier molecular flexibility index (Phi) is 4.51. The number of para-hydroxylation sites is 1. The van der Waals surface area contributed by atoms with E-state index in [0.717, 1.165) is 31.5 Å². The van der Waals surface area contributed by atoms with Crippen molar-refractivity contribution in [3.8, 4) is 0 Å². The third-order valence-corrected chi connectivity index (χ3v) is 6.35. The van der Waals surface area contributed by atoms with E-state index in [2.05, 4.69) is 20.5 Å². The standard InChI is InChI=1S/C16H13N5OS3/c1-10-8-23-15-18-12(7-13(22)21(10)15)9-24-16-20-19-14(25-16)17-11-5-3-2-4-6-11/h2-8H,9H2,1H3,(H,17,19). The smallest absolute Gasteiger partial charge is 0.258 e. The van der Waals surface area contributed by atoms with Crippen LogP contribution in [0.5, 0.6) is 0 Å². The zero-order chi connectivity index (χ0) is 17.2. The maximum absolute atomic E-state index is 12.2. The van der Waals surface area contributed by atoms with Gasteiger partial charge in [0.1, 0.15) is 0 Å². The Hall–Kier alpha value is -2.23. The van der Waals surface area contributed by atoms with Gasteiger partial charge in [-0.2, -0.15) is 0 Å². The minimum absolute atomic E-state index is 0.0388. The molecule has 0 spiro atoms. The highest BCUT2D eigenvalue weighted by atomic mass is 32.2. The van der Waals surface area contributed by atoms with Crippen molar-refractivity contribution >= 4 is 50.2 Å². The second-order valence-corrected chi connectivity index (χ2v) is 8.27. The summed E-state index contributed by atoms with van der Waals surface area (Å²) in [6.45, 7) is 1.91. The number of hydrogen-bond acceptors (Lipinski definition) is 8. The molecule has 0 bridgehead atoms. The van der Waals surface area contributed by atoms with Crippen molar-refractivity contribution in [3.63, 3.8) is 0 Å². The molecule has 0 atom stereocenters. The number of hydrogen-bond donors (Lipinski definition) is 1. The van der Waals surface area contributed by atoms with Crippen LogP contribution in [-0.2, 0) is 5.75 Å². The Labute approximate surface area is 155 Å². The molecule has 0 aliphatic heterocycles. The van der Waals surface area contributed by atoms with Crippen LogP contribution in [0.4, 0.5) is 10.8 Å². The van der Waals surface area contributed by atoms with Crippen LogP contribution in [0.2, 0.25) is 0 Å². The zero-order valence-corrected chi connectivity index (χ0v) is 15.6. The first-order chi connectivity index (χ1) is 12.2. The zero-order valence-electron chi connectivity index (χ0n) is 13.2. The van der Waals surface area contributed by atoms with E-state index in [0.29, 0.717) is 5.75 Å². The highest BCUT2D eigenvalue weighted by Crippen LogP contribution is 2.29. The van der Waals surface area contributed by atoms with E-state index in [9.17, 15) is 4.79 Å². The predicted molar refractivity (Wildman–Crippen MR) is 103 cm³/mol. The molecule has 3 aromatic heterocycles. The van der Waals surface area contributed by atoms with Crippen LogP contribution in [0.1, 0.15) is 11.4 Å². The molecule has 1 aromatic carbocycles. The Morgan fingerprint density at radius 2 is 2.08 bits per heavy atom. The lowest BCUT2D eigenvalue weighted by Gasteiger charge is -2.00. The van der Waals surface area contributed by atoms with E-state index in [1.54, 1.807) is 10.5 Å². The third kappa shape index (κ3) is 3.58. The van der Waals surface area contributed by atoms with E-state index < -0.39 is 0 Å². The van der Waals surface area contributed by atoms with Crippen molar-refractivity contribution < 1.29 is 0 Å². The number of rotatable bonds is 5. The van der Waals surface area contributed by atoms with Crippen molar-refractivity contribution in [2.75, 3.05) is 5.32 Å². The lowest BCUT2D eigenvalue weighted by molar-refractivity contribution is 0.992. The van der Waals surface area contributed by atoms with Crippen LogP contribution in [-0.4, -0.2) is 19.6 Å². The minimum atomic E-state index is -0.0388. The molecule has 9 heteroatoms. The fourth-order valence-corrected chi connectivity index (χ4v) is 4.83. The Morgan fingerprint density at radius 3 is 2.92 bits per heavy atom. The fraction of sp³-hybridized carbons (Fsp3) is 0.125. The molecule has 0 saturated carbocycles. The number of aryl methyl sites for hydroxylation is 1. The van der Waals surface area contributed by atoms with Gasteiger partial charge in [0.2, 0.25) is 5.13 Å². The normalized spacial score (nSPS) is 11.1. The molecule has 3 heterocycles. The van der Waals surface area contributed by atoms with Crippen LogP contribution >= 0.6 is 34.4 Å². The number of anilines is 2. The van der Waals surface area contributed by atoms with E-state index >= 15 is 0 Å². The summed E-state index contributed by atoms with van der Waals surface area (Å²) >= 11 is 4.48. The van der Waals surface area contributed by atoms with Crippen molar-refractivity contribution in [1.82, 2.24) is 19.6 Å². The third-order valence-electron chi connectivity index (χ3n) is 3.40. The first-order valence-electron chi connectivity index (χ1n) is 7.44. The summed E-state index contributed by atoms with van der Waals surface area (Å²) in [5.41, 5.74) is 2.61. The van der Waals surface area contributed by atoms with E-state index in [1.807, 2.05) is 42.6 Å². The summed E-state index contributed by atoms with van der Waals surface area (Å²) in [5.74, 6) is 0.586. The van der Waals surface area contributed by atoms with Crippen molar-refractivity contribution in [2.24, 2.45) is 0 Å². The van der Waals surface area contributed by atoms with Crippen LogP contribution in [0, 0.1) is 6.92 Å². The second-order valence-electron chi connectivity index (χ2n) is 5.23. The maximum atomic E-state index is 12.2. The number of nitrogens with zero attached hydrogens (tertiary/aromatic N) is 4. The van der Waals surface area contributed by atoms with Gasteiger partial charge in [-0.15, -0.1) is 21.5 Å². The molecule has 0 aliphatic rings. The molecule has 0 saturated heterocycles. The van der Waals surface area contributed by atoms with Crippen molar-refractivity contribution in [2.45, 2.75) is 17.0 Å². The summed E-state index contributed by atoms with van der Waals surface area (Å²) in [6.07, 6.45) is 0. The molecule has 0 aliphatic carbocycles. The summed E-state index contributed by atoms with van der Waals surface area (Å²) in [4.78, 5) is 17.5. The number of fused-ring (bicyclic) bond motifs is 1. The summed E-state index contributed by atoms with van der Waals surface area (Å²) in [6, 6.07) is 11.4. The van der Waals surface area contributed by atoms with Crippen LogP contribution in [0.3, 0.4) is 0 Å². The topological polar surface area (TPSA) is 72.2 Å². The van der Waals surface area contributed by atoms with Gasteiger partial charge in [-0.3, -0.25) is 9.20 Å². The van der Waals surface area contributed by atoms with E-state index in [-0.39, 0.29) is 5.56 Å². The average Bonchev–Trinajstić information content (AvgIpc) is 3.21. The lowest BCUT2D eigenvalue weighted by atomic mass is 10.3. The quantitative estimate of drug-likeness (QED) is 0.523. The molecule has 4 rings (SSSR count). The molecule has 4 aromatic rings. The molecule has 126 valence electrons. The molecule has 0 radical (unpaired) electrons. The molecule has 25 heavy (non-hydrogen) atoms. The molecular weight excluding hydrogens is 374 g/mol. The molecule has 1 N–H and O–H groups in total. The van der Waals surface area contributed by atoms with Crippen LogP contribution in [0.25, 0.3) is 4.96 Å². The molecular formula is C16H13N5OS3. The van der Waals surface area contributed by atoms with Crippen LogP contribution < -0.4 is 10.9 Å². The number of thioether (sulfide) groups is 1. The highest BCUT2D eigenvalue weighted by Gasteiger charge is 2.09. The number of benzene rings is 1. The van der Waals surface area contributed by atoms with Gasteiger partial charge in [0.15, 0.2) is 9.30 Å². The van der Waals surface area contributed by atoms with E-state index in [4.69, 9.17) is 0 Å².